The van der Waals surface area contributed by atoms with E-state index in [9.17, 15) is 9.59 Å². The summed E-state index contributed by atoms with van der Waals surface area (Å²) in [6.07, 6.45) is 5.88. The lowest BCUT2D eigenvalue weighted by Crippen LogP contribution is -2.37. The lowest BCUT2D eigenvalue weighted by atomic mass is 9.92. The van der Waals surface area contributed by atoms with Gasteiger partial charge in [0.1, 0.15) is 0 Å². The summed E-state index contributed by atoms with van der Waals surface area (Å²) in [4.78, 5) is 30.0. The number of hydrogen-bond acceptors (Lipinski definition) is 3. The molecule has 2 atom stereocenters. The summed E-state index contributed by atoms with van der Waals surface area (Å²) in [5.41, 5.74) is 0. The first kappa shape index (κ1) is 18.0. The third kappa shape index (κ3) is 5.06. The third-order valence-electron chi connectivity index (χ3n) is 5.00. The zero-order valence-corrected chi connectivity index (χ0v) is 15.0. The van der Waals surface area contributed by atoms with Crippen LogP contribution in [0.15, 0.2) is 12.2 Å². The predicted molar refractivity (Wildman–Crippen MR) is 91.9 cm³/mol. The van der Waals surface area contributed by atoms with Crippen molar-refractivity contribution >= 4 is 11.8 Å². The van der Waals surface area contributed by atoms with E-state index in [1.165, 1.54) is 0 Å². The topological polar surface area (TPSA) is 43.9 Å². The maximum atomic E-state index is 12.2. The molecule has 2 rings (SSSR count). The van der Waals surface area contributed by atoms with Gasteiger partial charge < -0.3 is 9.80 Å². The average Bonchev–Trinajstić information content (AvgIpc) is 2.81. The van der Waals surface area contributed by atoms with Crippen molar-refractivity contribution in [3.8, 4) is 0 Å². The molecule has 5 nitrogen and oxygen atoms in total. The van der Waals surface area contributed by atoms with E-state index in [0.29, 0.717) is 24.3 Å². The molecule has 0 unspecified atom stereocenters. The van der Waals surface area contributed by atoms with Crippen LogP contribution in [0.1, 0.15) is 26.7 Å². The van der Waals surface area contributed by atoms with Crippen LogP contribution in [0.25, 0.3) is 0 Å². The second kappa shape index (κ2) is 7.95. The van der Waals surface area contributed by atoms with E-state index in [2.05, 4.69) is 18.7 Å². The molecule has 130 valence electrons. The van der Waals surface area contributed by atoms with Crippen LogP contribution in [0.4, 0.5) is 0 Å². The van der Waals surface area contributed by atoms with Crippen LogP contribution >= 0.6 is 0 Å². The number of allylic oxidation sites excluding steroid dienone is 1. The van der Waals surface area contributed by atoms with E-state index < -0.39 is 0 Å². The molecule has 0 radical (unpaired) electrons. The second-order valence-corrected chi connectivity index (χ2v) is 7.51. The number of nitrogens with zero attached hydrogens (tertiary/aromatic N) is 3. The highest BCUT2D eigenvalue weighted by atomic mass is 16.2. The van der Waals surface area contributed by atoms with Crippen molar-refractivity contribution in [2.45, 2.75) is 26.7 Å². The van der Waals surface area contributed by atoms with Crippen LogP contribution in [-0.2, 0) is 9.59 Å². The fourth-order valence-electron chi connectivity index (χ4n) is 3.45. The van der Waals surface area contributed by atoms with E-state index in [-0.39, 0.29) is 11.8 Å². The fourth-order valence-corrected chi connectivity index (χ4v) is 3.45. The van der Waals surface area contributed by atoms with Gasteiger partial charge in [-0.3, -0.25) is 14.5 Å². The van der Waals surface area contributed by atoms with Gasteiger partial charge in [0.05, 0.1) is 6.54 Å². The van der Waals surface area contributed by atoms with Gasteiger partial charge in [-0.2, -0.15) is 0 Å². The van der Waals surface area contributed by atoms with Crippen molar-refractivity contribution < 1.29 is 9.59 Å². The van der Waals surface area contributed by atoms with Gasteiger partial charge >= 0.3 is 0 Å². The number of likely N-dealkylation sites (tertiary alicyclic amines) is 2. The lowest BCUT2D eigenvalue weighted by Gasteiger charge is -2.22. The Bertz CT molecular complexity index is 443. The summed E-state index contributed by atoms with van der Waals surface area (Å²) in [7, 11) is 3.62. The van der Waals surface area contributed by atoms with Gasteiger partial charge in [-0.25, -0.2) is 0 Å². The number of carbonyl (C=O) groups is 2. The van der Waals surface area contributed by atoms with Crippen molar-refractivity contribution in [3.63, 3.8) is 0 Å². The molecule has 2 amide bonds. The van der Waals surface area contributed by atoms with E-state index in [0.717, 1.165) is 39.0 Å². The van der Waals surface area contributed by atoms with Gasteiger partial charge in [0.15, 0.2) is 0 Å². The molecule has 0 saturated carbocycles. The molecule has 2 aliphatic rings. The molecule has 2 heterocycles. The fraction of sp³-hybridized carbons (Fsp3) is 0.778. The minimum atomic E-state index is 0.159. The van der Waals surface area contributed by atoms with Crippen LogP contribution in [0, 0.1) is 17.8 Å². The molecule has 2 fully saturated rings. The lowest BCUT2D eigenvalue weighted by molar-refractivity contribution is -0.129. The standard InChI is InChI=1S/C18H31N3O2/c1-14(2)5-6-17(22)21-11-15-7-9-20(10-8-16(15)12-21)13-18(23)19(3)4/h5-6,14-16H,7-13H2,1-4H3/b6-5+/t15-,16+. The monoisotopic (exact) mass is 321 g/mol. The molecule has 0 aromatic carbocycles. The maximum absolute atomic E-state index is 12.2. The quantitative estimate of drug-likeness (QED) is 0.736. The molecule has 0 spiro atoms. The number of rotatable bonds is 4. The Kier molecular flexibility index (Phi) is 6.22. The number of amides is 2. The molecular weight excluding hydrogens is 290 g/mol. The van der Waals surface area contributed by atoms with Crippen LogP contribution in [0.5, 0.6) is 0 Å². The SMILES string of the molecule is CC(C)/C=C/C(=O)N1C[C@H]2CCN(CC(=O)N(C)C)CC[C@H]2C1. The first-order valence-electron chi connectivity index (χ1n) is 8.76. The van der Waals surface area contributed by atoms with E-state index in [4.69, 9.17) is 0 Å². The summed E-state index contributed by atoms with van der Waals surface area (Å²) < 4.78 is 0. The molecule has 5 heteroatoms. The molecule has 2 saturated heterocycles. The van der Waals surface area contributed by atoms with Gasteiger partial charge in [0, 0.05) is 27.2 Å². The van der Waals surface area contributed by atoms with E-state index in [1.807, 2.05) is 25.1 Å². The first-order valence-corrected chi connectivity index (χ1v) is 8.76. The van der Waals surface area contributed by atoms with Gasteiger partial charge in [0.2, 0.25) is 11.8 Å². The average molecular weight is 321 g/mol. The van der Waals surface area contributed by atoms with E-state index >= 15 is 0 Å². The minimum absolute atomic E-state index is 0.159. The van der Waals surface area contributed by atoms with Crippen molar-refractivity contribution in [1.82, 2.24) is 14.7 Å². The summed E-state index contributed by atoms with van der Waals surface area (Å²) in [5.74, 6) is 1.92. The highest BCUT2D eigenvalue weighted by Gasteiger charge is 2.36. The van der Waals surface area contributed by atoms with Gasteiger partial charge in [-0.15, -0.1) is 0 Å². The Balaban J connectivity index is 1.84. The molecular formula is C18H31N3O2. The molecule has 0 aliphatic carbocycles. The van der Waals surface area contributed by atoms with Crippen LogP contribution in [0.2, 0.25) is 0 Å². The predicted octanol–water partition coefficient (Wildman–Crippen LogP) is 1.46. The van der Waals surface area contributed by atoms with Crippen LogP contribution < -0.4 is 0 Å². The van der Waals surface area contributed by atoms with Crippen LogP contribution in [0.3, 0.4) is 0 Å². The smallest absolute Gasteiger partial charge is 0.246 e. The van der Waals surface area contributed by atoms with Crippen molar-refractivity contribution in [3.05, 3.63) is 12.2 Å². The summed E-state index contributed by atoms with van der Waals surface area (Å²) in [6.45, 7) is 8.37. The first-order chi connectivity index (χ1) is 10.9. The van der Waals surface area contributed by atoms with Crippen molar-refractivity contribution in [1.29, 1.82) is 0 Å². The van der Waals surface area contributed by atoms with Crippen LogP contribution in [-0.4, -0.2) is 73.3 Å². The number of fused-ring (bicyclic) bond motifs is 1. The maximum Gasteiger partial charge on any atom is 0.246 e. The minimum Gasteiger partial charge on any atom is -0.348 e. The number of hydrogen-bond donors (Lipinski definition) is 0. The summed E-state index contributed by atoms with van der Waals surface area (Å²) >= 11 is 0. The van der Waals surface area contributed by atoms with Gasteiger partial charge in [-0.05, 0) is 49.8 Å². The zero-order valence-electron chi connectivity index (χ0n) is 15.0. The van der Waals surface area contributed by atoms with Crippen molar-refractivity contribution in [2.24, 2.45) is 17.8 Å². The summed E-state index contributed by atoms with van der Waals surface area (Å²) in [6, 6.07) is 0. The highest BCUT2D eigenvalue weighted by Crippen LogP contribution is 2.31. The van der Waals surface area contributed by atoms with E-state index in [1.54, 1.807) is 11.0 Å². The highest BCUT2D eigenvalue weighted by molar-refractivity contribution is 5.87. The number of likely N-dealkylation sites (N-methyl/N-ethyl adjacent to an activating group) is 1. The Morgan fingerprint density at radius 1 is 1.13 bits per heavy atom. The Labute approximate surface area is 140 Å². The zero-order chi connectivity index (χ0) is 17.0. The molecule has 0 N–H and O–H groups in total. The number of carbonyl (C=O) groups excluding carboxylic acids is 2. The van der Waals surface area contributed by atoms with Gasteiger partial charge in [0.25, 0.3) is 0 Å². The largest absolute Gasteiger partial charge is 0.348 e. The van der Waals surface area contributed by atoms with Crippen molar-refractivity contribution in [2.75, 3.05) is 46.8 Å². The molecule has 0 aromatic heterocycles. The Morgan fingerprint density at radius 2 is 1.70 bits per heavy atom. The molecule has 0 aromatic rings. The summed E-state index contributed by atoms with van der Waals surface area (Å²) in [5, 5.41) is 0. The second-order valence-electron chi connectivity index (χ2n) is 7.51. The Morgan fingerprint density at radius 3 is 2.17 bits per heavy atom. The normalized spacial score (nSPS) is 25.7. The third-order valence-corrected chi connectivity index (χ3v) is 5.00. The van der Waals surface area contributed by atoms with Gasteiger partial charge in [-0.1, -0.05) is 19.9 Å². The molecule has 0 bridgehead atoms. The Hall–Kier alpha value is -1.36. The molecule has 2 aliphatic heterocycles. The molecule has 23 heavy (non-hydrogen) atoms.